The summed E-state index contributed by atoms with van der Waals surface area (Å²) in [5.41, 5.74) is 0. The predicted octanol–water partition coefficient (Wildman–Crippen LogP) is 2.33. The minimum absolute atomic E-state index is 0.0482. The van der Waals surface area contributed by atoms with Crippen LogP contribution in [-0.2, 0) is 14.8 Å². The van der Waals surface area contributed by atoms with Crippen LogP contribution in [0.3, 0.4) is 0 Å². The van der Waals surface area contributed by atoms with Gasteiger partial charge in [0.15, 0.2) is 0 Å². The first-order valence-corrected chi connectivity index (χ1v) is 11.8. The molecule has 0 aliphatic rings. The Morgan fingerprint density at radius 3 is 2.71 bits per heavy atom. The molecule has 1 aromatic rings. The lowest BCUT2D eigenvalue weighted by Crippen LogP contribution is -2.32. The SMILES string of the molecule is CS(=O)(=O)N(CC#CCCCC(=O)O)CCCC(O)COc1cccc(I)c1. The van der Waals surface area contributed by atoms with Crippen LogP contribution in [0.25, 0.3) is 0 Å². The molecule has 0 radical (unpaired) electrons. The summed E-state index contributed by atoms with van der Waals surface area (Å²) in [4.78, 5) is 10.4. The summed E-state index contributed by atoms with van der Waals surface area (Å²) in [6.07, 6.45) is 2.21. The van der Waals surface area contributed by atoms with Crippen molar-refractivity contribution in [2.75, 3.05) is 26.0 Å². The van der Waals surface area contributed by atoms with Gasteiger partial charge in [-0.15, -0.1) is 5.92 Å². The van der Waals surface area contributed by atoms with Crippen molar-refractivity contribution < 1.29 is 28.2 Å². The van der Waals surface area contributed by atoms with Crippen molar-refractivity contribution in [2.24, 2.45) is 0 Å². The number of unbranched alkanes of at least 4 members (excludes halogenated alkanes) is 1. The number of nitrogens with zero attached hydrogens (tertiary/aromatic N) is 1. The summed E-state index contributed by atoms with van der Waals surface area (Å²) >= 11 is 2.18. The minimum Gasteiger partial charge on any atom is -0.491 e. The van der Waals surface area contributed by atoms with Gasteiger partial charge in [0, 0.05) is 23.0 Å². The van der Waals surface area contributed by atoms with Crippen LogP contribution in [0.15, 0.2) is 24.3 Å². The van der Waals surface area contributed by atoms with Crippen molar-refractivity contribution in [3.8, 4) is 17.6 Å². The van der Waals surface area contributed by atoms with E-state index in [2.05, 4.69) is 34.4 Å². The molecular formula is C19H26INO6S. The number of rotatable bonds is 12. The molecule has 0 heterocycles. The number of aliphatic hydroxyl groups is 1. The van der Waals surface area contributed by atoms with Crippen molar-refractivity contribution >= 4 is 38.6 Å². The van der Waals surface area contributed by atoms with E-state index in [1.807, 2.05) is 24.3 Å². The summed E-state index contributed by atoms with van der Waals surface area (Å²) in [5, 5.41) is 18.6. The maximum absolute atomic E-state index is 11.9. The zero-order chi connectivity index (χ0) is 21.0. The second-order valence-corrected chi connectivity index (χ2v) is 9.49. The molecule has 0 fully saturated rings. The van der Waals surface area contributed by atoms with Crippen molar-refractivity contribution in [2.45, 2.75) is 38.2 Å². The number of ether oxygens (including phenoxy) is 1. The molecule has 0 spiro atoms. The van der Waals surface area contributed by atoms with Gasteiger partial charge >= 0.3 is 5.97 Å². The molecule has 0 aliphatic carbocycles. The monoisotopic (exact) mass is 523 g/mol. The number of halogens is 1. The van der Waals surface area contributed by atoms with Crippen LogP contribution in [-0.4, -0.2) is 61.0 Å². The number of hydrogen-bond donors (Lipinski definition) is 2. The molecule has 1 unspecified atom stereocenters. The van der Waals surface area contributed by atoms with Gasteiger partial charge in [-0.3, -0.25) is 4.79 Å². The van der Waals surface area contributed by atoms with E-state index in [1.54, 1.807) is 0 Å². The Labute approximate surface area is 180 Å². The van der Waals surface area contributed by atoms with Crippen LogP contribution in [0.1, 0.15) is 32.1 Å². The van der Waals surface area contributed by atoms with Crippen molar-refractivity contribution in [1.29, 1.82) is 0 Å². The molecule has 0 amide bonds. The Kier molecular flexibility index (Phi) is 11.4. The highest BCUT2D eigenvalue weighted by molar-refractivity contribution is 14.1. The van der Waals surface area contributed by atoms with Gasteiger partial charge in [0.1, 0.15) is 12.4 Å². The molecule has 0 aliphatic heterocycles. The first-order chi connectivity index (χ1) is 13.2. The van der Waals surface area contributed by atoms with Gasteiger partial charge < -0.3 is 14.9 Å². The zero-order valence-electron chi connectivity index (χ0n) is 15.8. The fraction of sp³-hybridized carbons (Fsp3) is 0.526. The number of aliphatic carboxylic acids is 1. The highest BCUT2D eigenvalue weighted by atomic mass is 127. The summed E-state index contributed by atoms with van der Waals surface area (Å²) in [6, 6.07) is 7.50. The third-order valence-electron chi connectivity index (χ3n) is 3.73. The first kappa shape index (κ1) is 24.7. The Morgan fingerprint density at radius 2 is 2.07 bits per heavy atom. The third-order valence-corrected chi connectivity index (χ3v) is 5.65. The Bertz CT molecular complexity index is 787. The normalized spacial score (nSPS) is 12.3. The van der Waals surface area contributed by atoms with Gasteiger partial charge in [-0.25, -0.2) is 8.42 Å². The van der Waals surface area contributed by atoms with Crippen molar-refractivity contribution in [3.05, 3.63) is 27.8 Å². The van der Waals surface area contributed by atoms with Crippen LogP contribution < -0.4 is 4.74 Å². The number of aliphatic hydroxyl groups excluding tert-OH is 1. The smallest absolute Gasteiger partial charge is 0.303 e. The molecule has 0 saturated heterocycles. The van der Waals surface area contributed by atoms with Gasteiger partial charge in [0.25, 0.3) is 0 Å². The number of carbonyl (C=O) groups is 1. The summed E-state index contributed by atoms with van der Waals surface area (Å²) in [6.45, 7) is 0.451. The molecule has 28 heavy (non-hydrogen) atoms. The van der Waals surface area contributed by atoms with E-state index in [4.69, 9.17) is 9.84 Å². The molecule has 1 aromatic carbocycles. The average molecular weight is 523 g/mol. The molecule has 7 nitrogen and oxygen atoms in total. The van der Waals surface area contributed by atoms with E-state index in [1.165, 1.54) is 4.31 Å². The molecular weight excluding hydrogens is 497 g/mol. The third kappa shape index (κ3) is 11.5. The van der Waals surface area contributed by atoms with Gasteiger partial charge in [-0.1, -0.05) is 12.0 Å². The lowest BCUT2D eigenvalue weighted by atomic mass is 10.2. The van der Waals surface area contributed by atoms with Crippen LogP contribution in [0.4, 0.5) is 0 Å². The second-order valence-electron chi connectivity index (χ2n) is 6.26. The predicted molar refractivity (Wildman–Crippen MR) is 116 cm³/mol. The maximum Gasteiger partial charge on any atom is 0.303 e. The number of benzene rings is 1. The molecule has 0 aromatic heterocycles. The van der Waals surface area contributed by atoms with Crippen molar-refractivity contribution in [1.82, 2.24) is 4.31 Å². The van der Waals surface area contributed by atoms with Crippen LogP contribution in [0.5, 0.6) is 5.75 Å². The largest absolute Gasteiger partial charge is 0.491 e. The number of carboxylic acid groups (broad SMARTS) is 1. The topological polar surface area (TPSA) is 104 Å². The molecule has 0 saturated carbocycles. The Hall–Kier alpha value is -1.35. The zero-order valence-corrected chi connectivity index (χ0v) is 18.8. The van der Waals surface area contributed by atoms with E-state index in [9.17, 15) is 18.3 Å². The first-order valence-electron chi connectivity index (χ1n) is 8.87. The van der Waals surface area contributed by atoms with Crippen LogP contribution >= 0.6 is 22.6 Å². The van der Waals surface area contributed by atoms with Gasteiger partial charge in [-0.2, -0.15) is 4.31 Å². The van der Waals surface area contributed by atoms with E-state index in [-0.39, 0.29) is 26.1 Å². The summed E-state index contributed by atoms with van der Waals surface area (Å²) < 4.78 is 31.5. The highest BCUT2D eigenvalue weighted by Crippen LogP contribution is 2.15. The minimum atomic E-state index is -3.41. The lowest BCUT2D eigenvalue weighted by Gasteiger charge is -2.18. The standard InChI is InChI=1S/C19H26INO6S/c1-28(25,26)21(12-5-3-2-4-11-19(23)24)13-7-9-17(22)15-27-18-10-6-8-16(20)14-18/h6,8,10,14,17,22H,2,4,7,9,11-13,15H2,1H3,(H,23,24). The van der Waals surface area contributed by atoms with E-state index >= 15 is 0 Å². The van der Waals surface area contributed by atoms with Crippen LogP contribution in [0.2, 0.25) is 0 Å². The second kappa shape index (κ2) is 13.0. The average Bonchev–Trinajstić information content (AvgIpc) is 2.60. The molecule has 1 atom stereocenters. The summed E-state index contributed by atoms with van der Waals surface area (Å²) in [7, 11) is -3.41. The number of hydrogen-bond acceptors (Lipinski definition) is 5. The Balaban J connectivity index is 2.36. The maximum atomic E-state index is 11.9. The highest BCUT2D eigenvalue weighted by Gasteiger charge is 2.16. The van der Waals surface area contributed by atoms with Gasteiger partial charge in [0.2, 0.25) is 10.0 Å². The van der Waals surface area contributed by atoms with Gasteiger partial charge in [-0.05, 0) is 60.1 Å². The van der Waals surface area contributed by atoms with Crippen molar-refractivity contribution in [3.63, 3.8) is 0 Å². The fourth-order valence-electron chi connectivity index (χ4n) is 2.26. The molecule has 0 bridgehead atoms. The van der Waals surface area contributed by atoms with E-state index in [0.717, 1.165) is 9.83 Å². The molecule has 2 N–H and O–H groups in total. The summed E-state index contributed by atoms with van der Waals surface area (Å²) in [5.74, 6) is 5.38. The quantitative estimate of drug-likeness (QED) is 0.248. The molecule has 156 valence electrons. The fourth-order valence-corrected chi connectivity index (χ4v) is 3.53. The molecule has 9 heteroatoms. The number of sulfonamides is 1. The number of carboxylic acids is 1. The van der Waals surface area contributed by atoms with Gasteiger partial charge in [0.05, 0.1) is 18.9 Å². The van der Waals surface area contributed by atoms with E-state index < -0.39 is 22.1 Å². The Morgan fingerprint density at radius 1 is 1.32 bits per heavy atom. The lowest BCUT2D eigenvalue weighted by molar-refractivity contribution is -0.137. The van der Waals surface area contributed by atoms with Crippen LogP contribution in [0, 0.1) is 15.4 Å². The molecule has 1 rings (SSSR count). The van der Waals surface area contributed by atoms with E-state index in [0.29, 0.717) is 31.4 Å².